The number of aromatic amines is 1. The van der Waals surface area contributed by atoms with E-state index in [2.05, 4.69) is 31.2 Å². The van der Waals surface area contributed by atoms with Crippen LogP contribution in [0.25, 0.3) is 11.0 Å². The van der Waals surface area contributed by atoms with E-state index in [1.807, 2.05) is 30.3 Å². The number of benzene rings is 2. The van der Waals surface area contributed by atoms with Crippen LogP contribution in [0, 0.1) is 0 Å². The molecule has 2 N–H and O–H groups in total. The first-order chi connectivity index (χ1) is 11.7. The molecule has 122 valence electrons. The van der Waals surface area contributed by atoms with Gasteiger partial charge in [-0.05, 0) is 49.2 Å². The van der Waals surface area contributed by atoms with E-state index < -0.39 is 0 Å². The van der Waals surface area contributed by atoms with E-state index >= 15 is 0 Å². The molecule has 2 aromatic carbocycles. The van der Waals surface area contributed by atoms with Gasteiger partial charge in [-0.25, -0.2) is 4.98 Å². The summed E-state index contributed by atoms with van der Waals surface area (Å²) in [6.07, 6.45) is 2.11. The molecule has 0 aliphatic carbocycles. The third-order valence-electron chi connectivity index (χ3n) is 4.08. The Bertz CT molecular complexity index is 900. The molecule has 5 nitrogen and oxygen atoms in total. The van der Waals surface area contributed by atoms with E-state index in [1.54, 1.807) is 12.1 Å². The number of anilines is 1. The molecular weight excluding hydrogens is 370 g/mol. The average molecular weight is 386 g/mol. The zero-order chi connectivity index (χ0) is 16.5. The summed E-state index contributed by atoms with van der Waals surface area (Å²) in [5.41, 5.74) is 3.11. The van der Waals surface area contributed by atoms with Crippen molar-refractivity contribution in [2.24, 2.45) is 0 Å². The number of amides is 1. The Kier molecular flexibility index (Phi) is 4.08. The van der Waals surface area contributed by atoms with Crippen molar-refractivity contribution in [2.75, 3.05) is 11.9 Å². The molecule has 0 radical (unpaired) electrons. The predicted octanol–water partition coefficient (Wildman–Crippen LogP) is 4.43. The van der Waals surface area contributed by atoms with Gasteiger partial charge in [0.15, 0.2) is 0 Å². The fourth-order valence-electron chi connectivity index (χ4n) is 2.89. The number of carbonyl (C=O) groups excluding carboxylic acids is 1. The van der Waals surface area contributed by atoms with Gasteiger partial charge in [-0.2, -0.15) is 0 Å². The van der Waals surface area contributed by atoms with Gasteiger partial charge < -0.3 is 15.0 Å². The smallest absolute Gasteiger partial charge is 0.255 e. The minimum absolute atomic E-state index is 0.0529. The Balaban J connectivity index is 1.57. The van der Waals surface area contributed by atoms with Crippen molar-refractivity contribution in [3.63, 3.8) is 0 Å². The Labute approximate surface area is 147 Å². The van der Waals surface area contributed by atoms with Gasteiger partial charge in [0.1, 0.15) is 11.9 Å². The van der Waals surface area contributed by atoms with Crippen molar-refractivity contribution in [3.05, 3.63) is 58.3 Å². The molecule has 1 atom stereocenters. The lowest BCUT2D eigenvalue weighted by Gasteiger charge is -2.05. The maximum atomic E-state index is 12.3. The molecule has 6 heteroatoms. The van der Waals surface area contributed by atoms with Crippen LogP contribution in [0.1, 0.15) is 35.1 Å². The molecule has 0 saturated carbocycles. The van der Waals surface area contributed by atoms with Gasteiger partial charge in [-0.3, -0.25) is 4.79 Å². The van der Waals surface area contributed by atoms with Crippen molar-refractivity contribution >= 4 is 38.6 Å². The summed E-state index contributed by atoms with van der Waals surface area (Å²) in [4.78, 5) is 20.2. The van der Waals surface area contributed by atoms with Crippen molar-refractivity contribution in [1.82, 2.24) is 9.97 Å². The highest BCUT2D eigenvalue weighted by Gasteiger charge is 2.21. The second-order valence-electron chi connectivity index (χ2n) is 5.82. The molecule has 1 saturated heterocycles. The van der Waals surface area contributed by atoms with E-state index in [0.717, 1.165) is 46.5 Å². The maximum Gasteiger partial charge on any atom is 0.255 e. The molecule has 1 fully saturated rings. The normalized spacial score (nSPS) is 17.3. The number of imidazole rings is 1. The SMILES string of the molecule is O=C(Nc1ccc2nc([C@@H]3CCCO3)[nH]c2c1)c1cccc(Br)c1. The molecule has 4 rings (SSSR count). The Hall–Kier alpha value is -2.18. The standard InChI is InChI=1S/C18H16BrN3O2/c19-12-4-1-3-11(9-12)18(23)20-13-6-7-14-15(10-13)22-17(21-14)16-5-2-8-24-16/h1,3-4,6-7,9-10,16H,2,5,8H2,(H,20,23)(H,21,22)/t16-/m0/s1. The monoisotopic (exact) mass is 385 g/mol. The number of carbonyl (C=O) groups is 1. The minimum atomic E-state index is -0.144. The van der Waals surface area contributed by atoms with Crippen LogP contribution in [-0.4, -0.2) is 22.5 Å². The van der Waals surface area contributed by atoms with Gasteiger partial charge in [-0.15, -0.1) is 0 Å². The van der Waals surface area contributed by atoms with E-state index in [1.165, 1.54) is 0 Å². The van der Waals surface area contributed by atoms with Crippen LogP contribution < -0.4 is 5.32 Å². The summed E-state index contributed by atoms with van der Waals surface area (Å²) in [6.45, 7) is 0.787. The number of fused-ring (bicyclic) bond motifs is 1. The van der Waals surface area contributed by atoms with Gasteiger partial charge in [0.05, 0.1) is 11.0 Å². The highest BCUT2D eigenvalue weighted by molar-refractivity contribution is 9.10. The first-order valence-electron chi connectivity index (χ1n) is 7.87. The van der Waals surface area contributed by atoms with Crippen molar-refractivity contribution in [3.8, 4) is 0 Å². The molecular formula is C18H16BrN3O2. The number of nitrogens with one attached hydrogen (secondary N) is 2. The van der Waals surface area contributed by atoms with Gasteiger partial charge in [-0.1, -0.05) is 22.0 Å². The van der Waals surface area contributed by atoms with Crippen LogP contribution in [0.15, 0.2) is 46.9 Å². The second kappa shape index (κ2) is 6.37. The third-order valence-corrected chi connectivity index (χ3v) is 4.57. The molecule has 3 aromatic rings. The zero-order valence-electron chi connectivity index (χ0n) is 12.9. The third kappa shape index (κ3) is 3.07. The van der Waals surface area contributed by atoms with Crippen LogP contribution in [-0.2, 0) is 4.74 Å². The lowest BCUT2D eigenvalue weighted by Crippen LogP contribution is -2.11. The largest absolute Gasteiger partial charge is 0.370 e. The van der Waals surface area contributed by atoms with Crippen LogP contribution in [0.3, 0.4) is 0 Å². The number of ether oxygens (including phenoxy) is 1. The number of halogens is 1. The molecule has 1 aliphatic heterocycles. The Morgan fingerprint density at radius 3 is 3.00 bits per heavy atom. The highest BCUT2D eigenvalue weighted by atomic mass is 79.9. The summed E-state index contributed by atoms with van der Waals surface area (Å²) in [5.74, 6) is 0.715. The van der Waals surface area contributed by atoms with E-state index in [-0.39, 0.29) is 12.0 Å². The number of nitrogens with zero attached hydrogens (tertiary/aromatic N) is 1. The summed E-state index contributed by atoms with van der Waals surface area (Å²) in [7, 11) is 0. The van der Waals surface area contributed by atoms with Gasteiger partial charge in [0, 0.05) is 22.3 Å². The Morgan fingerprint density at radius 1 is 1.29 bits per heavy atom. The maximum absolute atomic E-state index is 12.3. The predicted molar refractivity (Wildman–Crippen MR) is 96.1 cm³/mol. The molecule has 24 heavy (non-hydrogen) atoms. The van der Waals surface area contributed by atoms with Gasteiger partial charge in [0.25, 0.3) is 5.91 Å². The average Bonchev–Trinajstić information content (AvgIpc) is 3.23. The Morgan fingerprint density at radius 2 is 2.21 bits per heavy atom. The molecule has 1 aliphatic rings. The minimum Gasteiger partial charge on any atom is -0.370 e. The molecule has 0 bridgehead atoms. The van der Waals surface area contributed by atoms with Crippen LogP contribution in [0.5, 0.6) is 0 Å². The number of rotatable bonds is 3. The van der Waals surface area contributed by atoms with E-state index in [4.69, 9.17) is 4.74 Å². The van der Waals surface area contributed by atoms with Crippen LogP contribution in [0.4, 0.5) is 5.69 Å². The van der Waals surface area contributed by atoms with E-state index in [0.29, 0.717) is 5.56 Å². The first-order valence-corrected chi connectivity index (χ1v) is 8.66. The quantitative estimate of drug-likeness (QED) is 0.700. The number of aromatic nitrogens is 2. The van der Waals surface area contributed by atoms with Crippen LogP contribution >= 0.6 is 15.9 Å². The number of hydrogen-bond donors (Lipinski definition) is 2. The number of H-pyrrole nitrogens is 1. The molecule has 1 amide bonds. The molecule has 0 unspecified atom stereocenters. The van der Waals surface area contributed by atoms with Crippen LogP contribution in [0.2, 0.25) is 0 Å². The molecule has 2 heterocycles. The zero-order valence-corrected chi connectivity index (χ0v) is 14.5. The van der Waals surface area contributed by atoms with Crippen molar-refractivity contribution < 1.29 is 9.53 Å². The lowest BCUT2D eigenvalue weighted by molar-refractivity contribution is 0.102. The fraction of sp³-hybridized carbons (Fsp3) is 0.222. The van der Waals surface area contributed by atoms with Gasteiger partial charge in [0.2, 0.25) is 0 Å². The highest BCUT2D eigenvalue weighted by Crippen LogP contribution is 2.28. The van der Waals surface area contributed by atoms with Crippen molar-refractivity contribution in [2.45, 2.75) is 18.9 Å². The van der Waals surface area contributed by atoms with E-state index in [9.17, 15) is 4.79 Å². The summed E-state index contributed by atoms with van der Waals surface area (Å²) < 4.78 is 6.54. The fourth-order valence-corrected chi connectivity index (χ4v) is 3.29. The molecule has 0 spiro atoms. The topological polar surface area (TPSA) is 67.0 Å². The van der Waals surface area contributed by atoms with Gasteiger partial charge >= 0.3 is 0 Å². The summed E-state index contributed by atoms with van der Waals surface area (Å²) in [6, 6.07) is 13.0. The lowest BCUT2D eigenvalue weighted by atomic mass is 10.2. The summed E-state index contributed by atoms with van der Waals surface area (Å²) in [5, 5.41) is 2.92. The summed E-state index contributed by atoms with van der Waals surface area (Å²) >= 11 is 3.38. The molecule has 1 aromatic heterocycles. The van der Waals surface area contributed by atoms with Crippen molar-refractivity contribution in [1.29, 1.82) is 0 Å². The second-order valence-corrected chi connectivity index (χ2v) is 6.74. The first kappa shape index (κ1) is 15.4. The number of hydrogen-bond acceptors (Lipinski definition) is 3.